The Morgan fingerprint density at radius 1 is 1.00 bits per heavy atom. The minimum absolute atomic E-state index is 0.286. The Bertz CT molecular complexity index is 724. The predicted octanol–water partition coefficient (Wildman–Crippen LogP) is 5.23. The van der Waals surface area contributed by atoms with Crippen molar-refractivity contribution in [2.75, 3.05) is 5.32 Å². The molecule has 0 saturated heterocycles. The van der Waals surface area contributed by atoms with Crippen LogP contribution in [0.15, 0.2) is 48.5 Å². The molecule has 0 spiro atoms. The third-order valence-corrected chi connectivity index (χ3v) is 3.72. The summed E-state index contributed by atoms with van der Waals surface area (Å²) < 4.78 is 44.4. The molecule has 0 saturated carbocycles. The number of anilines is 1. The van der Waals surface area contributed by atoms with Crippen LogP contribution in [0, 0.1) is 0 Å². The first-order valence-electron chi connectivity index (χ1n) is 7.92. The molecule has 0 heterocycles. The summed E-state index contributed by atoms with van der Waals surface area (Å²) in [6.45, 7) is 5.61. The summed E-state index contributed by atoms with van der Waals surface area (Å²) >= 11 is 0. The van der Waals surface area contributed by atoms with Gasteiger partial charge in [0.25, 0.3) is 5.91 Å². The molecule has 2 aromatic rings. The zero-order chi connectivity index (χ0) is 18.6. The maximum absolute atomic E-state index is 13.0. The Labute approximate surface area is 144 Å². The van der Waals surface area contributed by atoms with Crippen molar-refractivity contribution in [1.29, 1.82) is 0 Å². The van der Waals surface area contributed by atoms with Crippen LogP contribution in [-0.4, -0.2) is 12.0 Å². The van der Waals surface area contributed by atoms with E-state index in [2.05, 4.69) is 19.2 Å². The van der Waals surface area contributed by atoms with Crippen LogP contribution >= 0.6 is 0 Å². The number of hydrogen-bond acceptors (Lipinski definition) is 2. The van der Waals surface area contributed by atoms with Gasteiger partial charge >= 0.3 is 6.18 Å². The van der Waals surface area contributed by atoms with Crippen LogP contribution in [0.2, 0.25) is 0 Å². The highest BCUT2D eigenvalue weighted by molar-refractivity contribution is 5.94. The number of rotatable bonds is 5. The first-order chi connectivity index (χ1) is 11.7. The van der Waals surface area contributed by atoms with Gasteiger partial charge in [-0.15, -0.1) is 0 Å². The van der Waals surface area contributed by atoms with Gasteiger partial charge in [-0.1, -0.05) is 38.1 Å². The van der Waals surface area contributed by atoms with Crippen molar-refractivity contribution in [3.63, 3.8) is 0 Å². The Morgan fingerprint density at radius 2 is 1.60 bits per heavy atom. The van der Waals surface area contributed by atoms with Gasteiger partial charge in [-0.25, -0.2) is 0 Å². The highest BCUT2D eigenvalue weighted by Gasteiger charge is 2.34. The molecule has 2 aromatic carbocycles. The summed E-state index contributed by atoms with van der Waals surface area (Å²) in [5, 5.41) is 2.28. The standard InChI is InChI=1S/C19H20F3NO2/c1-12(2)14-8-10-15(11-9-14)25-13(3)18(24)23-17-7-5-4-6-16(17)19(20,21)22/h4-13H,1-3H3,(H,23,24). The van der Waals surface area contributed by atoms with E-state index in [1.165, 1.54) is 25.1 Å². The van der Waals surface area contributed by atoms with Crippen LogP contribution in [0.25, 0.3) is 0 Å². The zero-order valence-corrected chi connectivity index (χ0v) is 14.2. The van der Waals surface area contributed by atoms with E-state index in [4.69, 9.17) is 4.74 Å². The third kappa shape index (κ3) is 4.98. The van der Waals surface area contributed by atoms with Gasteiger partial charge in [-0.2, -0.15) is 13.2 Å². The Balaban J connectivity index is 2.06. The van der Waals surface area contributed by atoms with Gasteiger partial charge in [0.15, 0.2) is 6.10 Å². The van der Waals surface area contributed by atoms with E-state index in [1.807, 2.05) is 12.1 Å². The lowest BCUT2D eigenvalue weighted by atomic mass is 10.0. The summed E-state index contributed by atoms with van der Waals surface area (Å²) in [5.41, 5.74) is -0.0500. The molecular weight excluding hydrogens is 331 g/mol. The van der Waals surface area contributed by atoms with E-state index < -0.39 is 23.8 Å². The number of carbonyl (C=O) groups excluding carboxylic acids is 1. The Morgan fingerprint density at radius 3 is 2.16 bits per heavy atom. The summed E-state index contributed by atoms with van der Waals surface area (Å²) in [5.74, 6) is 0.203. The minimum atomic E-state index is -4.54. The van der Waals surface area contributed by atoms with E-state index in [1.54, 1.807) is 12.1 Å². The number of ether oxygens (including phenoxy) is 1. The van der Waals surface area contributed by atoms with Crippen LogP contribution in [0.4, 0.5) is 18.9 Å². The van der Waals surface area contributed by atoms with Gasteiger partial charge in [-0.3, -0.25) is 4.79 Å². The fraction of sp³-hybridized carbons (Fsp3) is 0.316. The molecule has 1 amide bonds. The molecule has 0 aromatic heterocycles. The number of amides is 1. The number of halogens is 3. The highest BCUT2D eigenvalue weighted by atomic mass is 19.4. The first kappa shape index (κ1) is 18.8. The maximum Gasteiger partial charge on any atom is 0.418 e. The highest BCUT2D eigenvalue weighted by Crippen LogP contribution is 2.34. The molecule has 3 nitrogen and oxygen atoms in total. The zero-order valence-electron chi connectivity index (χ0n) is 14.2. The monoisotopic (exact) mass is 351 g/mol. The van der Waals surface area contributed by atoms with Gasteiger partial charge in [0.2, 0.25) is 0 Å². The molecule has 0 radical (unpaired) electrons. The number of nitrogens with one attached hydrogen (secondary N) is 1. The number of benzene rings is 2. The summed E-state index contributed by atoms with van der Waals surface area (Å²) in [6.07, 6.45) is -5.48. The fourth-order valence-electron chi connectivity index (χ4n) is 2.26. The maximum atomic E-state index is 13.0. The SMILES string of the molecule is CC(Oc1ccc(C(C)C)cc1)C(=O)Nc1ccccc1C(F)(F)F. The first-order valence-corrected chi connectivity index (χ1v) is 7.92. The smallest absolute Gasteiger partial charge is 0.418 e. The number of hydrogen-bond donors (Lipinski definition) is 1. The van der Waals surface area contributed by atoms with Crippen molar-refractivity contribution in [3.05, 3.63) is 59.7 Å². The normalized spacial score (nSPS) is 12.8. The molecule has 0 aliphatic heterocycles. The number of carbonyl (C=O) groups is 1. The van der Waals surface area contributed by atoms with Crippen molar-refractivity contribution in [3.8, 4) is 5.75 Å². The number of para-hydroxylation sites is 1. The topological polar surface area (TPSA) is 38.3 Å². The van der Waals surface area contributed by atoms with Crippen molar-refractivity contribution in [1.82, 2.24) is 0 Å². The Kier molecular flexibility index (Phi) is 5.72. The second-order valence-corrected chi connectivity index (χ2v) is 6.02. The van der Waals surface area contributed by atoms with Gasteiger partial charge in [0, 0.05) is 0 Å². The van der Waals surface area contributed by atoms with Crippen LogP contribution in [0.5, 0.6) is 5.75 Å². The van der Waals surface area contributed by atoms with Crippen LogP contribution in [0.3, 0.4) is 0 Å². The molecule has 1 unspecified atom stereocenters. The third-order valence-electron chi connectivity index (χ3n) is 3.72. The molecule has 0 bridgehead atoms. The lowest BCUT2D eigenvalue weighted by Crippen LogP contribution is -2.31. The van der Waals surface area contributed by atoms with Crippen LogP contribution < -0.4 is 10.1 Å². The fourth-order valence-corrected chi connectivity index (χ4v) is 2.26. The molecule has 25 heavy (non-hydrogen) atoms. The molecule has 6 heteroatoms. The quantitative estimate of drug-likeness (QED) is 0.800. The van der Waals surface area contributed by atoms with Crippen LogP contribution in [0.1, 0.15) is 37.8 Å². The summed E-state index contributed by atoms with van der Waals surface area (Å²) in [6, 6.07) is 12.1. The lowest BCUT2D eigenvalue weighted by Gasteiger charge is -2.18. The molecular formula is C19H20F3NO2. The van der Waals surface area contributed by atoms with Crippen molar-refractivity contribution in [2.45, 2.75) is 39.0 Å². The molecule has 0 aliphatic carbocycles. The molecule has 0 aliphatic rings. The summed E-state index contributed by atoms with van der Waals surface area (Å²) in [7, 11) is 0. The molecule has 0 fully saturated rings. The largest absolute Gasteiger partial charge is 0.481 e. The minimum Gasteiger partial charge on any atom is -0.481 e. The van der Waals surface area contributed by atoms with Crippen molar-refractivity contribution >= 4 is 11.6 Å². The number of alkyl halides is 3. The van der Waals surface area contributed by atoms with Gasteiger partial charge < -0.3 is 10.1 Å². The van der Waals surface area contributed by atoms with E-state index in [0.717, 1.165) is 11.6 Å². The molecule has 1 atom stereocenters. The predicted molar refractivity (Wildman–Crippen MR) is 90.7 cm³/mol. The van der Waals surface area contributed by atoms with E-state index in [0.29, 0.717) is 11.7 Å². The molecule has 1 N–H and O–H groups in total. The van der Waals surface area contributed by atoms with E-state index in [9.17, 15) is 18.0 Å². The average Bonchev–Trinajstić information content (AvgIpc) is 2.54. The van der Waals surface area contributed by atoms with Gasteiger partial charge in [0.1, 0.15) is 5.75 Å². The van der Waals surface area contributed by atoms with Crippen molar-refractivity contribution < 1.29 is 22.7 Å². The second kappa shape index (κ2) is 7.59. The van der Waals surface area contributed by atoms with E-state index >= 15 is 0 Å². The van der Waals surface area contributed by atoms with E-state index in [-0.39, 0.29) is 5.69 Å². The second-order valence-electron chi connectivity index (χ2n) is 6.02. The molecule has 2 rings (SSSR count). The Hall–Kier alpha value is -2.50. The van der Waals surface area contributed by atoms with Gasteiger partial charge in [-0.05, 0) is 42.7 Å². The molecule has 134 valence electrons. The average molecular weight is 351 g/mol. The lowest BCUT2D eigenvalue weighted by molar-refractivity contribution is -0.137. The van der Waals surface area contributed by atoms with Crippen molar-refractivity contribution in [2.24, 2.45) is 0 Å². The van der Waals surface area contributed by atoms with Gasteiger partial charge in [0.05, 0.1) is 11.3 Å². The summed E-state index contributed by atoms with van der Waals surface area (Å²) in [4.78, 5) is 12.2. The van der Waals surface area contributed by atoms with Crippen LogP contribution in [-0.2, 0) is 11.0 Å².